The first-order valence-electron chi connectivity index (χ1n) is 6.51. The lowest BCUT2D eigenvalue weighted by atomic mass is 9.95. The predicted octanol–water partition coefficient (Wildman–Crippen LogP) is 0.596. The number of rotatable bonds is 4. The van der Waals surface area contributed by atoms with Crippen LogP contribution < -0.4 is 0 Å². The Morgan fingerprint density at radius 1 is 1.17 bits per heavy atom. The number of hydrogen-bond acceptors (Lipinski definition) is 4. The first-order chi connectivity index (χ1) is 8.45. The summed E-state index contributed by atoms with van der Waals surface area (Å²) in [4.78, 5) is 27.0. The van der Waals surface area contributed by atoms with Crippen LogP contribution in [0, 0.1) is 11.8 Å². The molecule has 0 aromatic heterocycles. The number of amides is 1. The van der Waals surface area contributed by atoms with Gasteiger partial charge >= 0.3 is 5.97 Å². The Morgan fingerprint density at radius 2 is 1.72 bits per heavy atom. The highest BCUT2D eigenvalue weighted by molar-refractivity contribution is 5.73. The minimum absolute atomic E-state index is 0.0844. The molecule has 0 N–H and O–H groups in total. The average Bonchev–Trinajstić information content (AvgIpc) is 2.35. The fourth-order valence-corrected chi connectivity index (χ4v) is 2.23. The summed E-state index contributed by atoms with van der Waals surface area (Å²) in [6.45, 7) is 9.56. The zero-order valence-corrected chi connectivity index (χ0v) is 11.8. The first-order valence-corrected chi connectivity index (χ1v) is 6.51. The minimum Gasteiger partial charge on any atom is -0.469 e. The molecule has 1 aliphatic heterocycles. The molecule has 0 radical (unpaired) electrons. The van der Waals surface area contributed by atoms with Gasteiger partial charge in [-0.2, -0.15) is 0 Å². The summed E-state index contributed by atoms with van der Waals surface area (Å²) in [6.07, 6.45) is 0. The van der Waals surface area contributed by atoms with Gasteiger partial charge in [-0.25, -0.2) is 0 Å². The maximum atomic E-state index is 11.7. The van der Waals surface area contributed by atoms with E-state index in [-0.39, 0.29) is 23.7 Å². The highest BCUT2D eigenvalue weighted by atomic mass is 16.5. The van der Waals surface area contributed by atoms with Crippen LogP contribution in [0.5, 0.6) is 0 Å². The van der Waals surface area contributed by atoms with Gasteiger partial charge in [-0.15, -0.1) is 0 Å². The van der Waals surface area contributed by atoms with E-state index < -0.39 is 0 Å². The largest absolute Gasteiger partial charge is 0.469 e. The van der Waals surface area contributed by atoms with Crippen LogP contribution in [0.2, 0.25) is 0 Å². The SMILES string of the molecule is COC(=O)C(CN1CCN(C(C)=O)CC1)C(C)C. The lowest BCUT2D eigenvalue weighted by Gasteiger charge is -2.36. The summed E-state index contributed by atoms with van der Waals surface area (Å²) in [6, 6.07) is 0. The Hall–Kier alpha value is -1.10. The van der Waals surface area contributed by atoms with Crippen LogP contribution in [-0.2, 0) is 14.3 Å². The molecule has 1 heterocycles. The summed E-state index contributed by atoms with van der Waals surface area (Å²) in [5, 5.41) is 0. The molecule has 0 bridgehead atoms. The molecule has 104 valence electrons. The lowest BCUT2D eigenvalue weighted by molar-refractivity contribution is -0.148. The van der Waals surface area contributed by atoms with Crippen LogP contribution in [0.25, 0.3) is 0 Å². The van der Waals surface area contributed by atoms with Gasteiger partial charge in [0, 0.05) is 39.6 Å². The van der Waals surface area contributed by atoms with Gasteiger partial charge in [0.1, 0.15) is 0 Å². The second-order valence-electron chi connectivity index (χ2n) is 5.18. The van der Waals surface area contributed by atoms with Crippen LogP contribution in [0.3, 0.4) is 0 Å². The third-order valence-corrected chi connectivity index (χ3v) is 3.58. The molecular formula is C13H24N2O3. The number of esters is 1. The zero-order valence-electron chi connectivity index (χ0n) is 11.8. The van der Waals surface area contributed by atoms with E-state index in [0.717, 1.165) is 32.7 Å². The molecule has 0 aromatic carbocycles. The van der Waals surface area contributed by atoms with Gasteiger partial charge in [-0.3, -0.25) is 14.5 Å². The maximum Gasteiger partial charge on any atom is 0.310 e. The van der Waals surface area contributed by atoms with Crippen LogP contribution in [0.15, 0.2) is 0 Å². The fraction of sp³-hybridized carbons (Fsp3) is 0.846. The van der Waals surface area contributed by atoms with Crippen molar-refractivity contribution in [3.63, 3.8) is 0 Å². The summed E-state index contributed by atoms with van der Waals surface area (Å²) < 4.78 is 4.84. The molecule has 5 heteroatoms. The van der Waals surface area contributed by atoms with E-state index in [0.29, 0.717) is 0 Å². The maximum absolute atomic E-state index is 11.7. The van der Waals surface area contributed by atoms with Gasteiger partial charge in [-0.05, 0) is 5.92 Å². The number of methoxy groups -OCH3 is 1. The van der Waals surface area contributed by atoms with Crippen molar-refractivity contribution in [2.24, 2.45) is 11.8 Å². The first kappa shape index (κ1) is 15.0. The molecule has 1 atom stereocenters. The number of hydrogen-bond donors (Lipinski definition) is 0. The van der Waals surface area contributed by atoms with Gasteiger partial charge in [0.2, 0.25) is 5.91 Å². The van der Waals surface area contributed by atoms with Crippen molar-refractivity contribution >= 4 is 11.9 Å². The molecule has 1 saturated heterocycles. The highest BCUT2D eigenvalue weighted by Crippen LogP contribution is 2.15. The standard InChI is InChI=1S/C13H24N2O3/c1-10(2)12(13(17)18-4)9-14-5-7-15(8-6-14)11(3)16/h10,12H,5-9H2,1-4H3. The number of nitrogens with zero attached hydrogens (tertiary/aromatic N) is 2. The Balaban J connectivity index is 2.47. The normalized spacial score (nSPS) is 18.8. The van der Waals surface area contributed by atoms with E-state index in [1.54, 1.807) is 6.92 Å². The smallest absolute Gasteiger partial charge is 0.310 e. The zero-order chi connectivity index (χ0) is 13.7. The summed E-state index contributed by atoms with van der Waals surface area (Å²) in [7, 11) is 1.44. The summed E-state index contributed by atoms with van der Waals surface area (Å²) in [5.41, 5.74) is 0. The van der Waals surface area contributed by atoms with Gasteiger partial charge in [0.05, 0.1) is 13.0 Å². The van der Waals surface area contributed by atoms with E-state index in [2.05, 4.69) is 4.90 Å². The average molecular weight is 256 g/mol. The van der Waals surface area contributed by atoms with Crippen molar-refractivity contribution in [3.05, 3.63) is 0 Å². The number of piperazine rings is 1. The van der Waals surface area contributed by atoms with Gasteiger partial charge in [0.25, 0.3) is 0 Å². The van der Waals surface area contributed by atoms with Crippen molar-refractivity contribution in [1.82, 2.24) is 9.80 Å². The van der Waals surface area contributed by atoms with Crippen LogP contribution >= 0.6 is 0 Å². The molecule has 18 heavy (non-hydrogen) atoms. The van der Waals surface area contributed by atoms with Crippen molar-refractivity contribution < 1.29 is 14.3 Å². The molecule has 0 aliphatic carbocycles. The summed E-state index contributed by atoms with van der Waals surface area (Å²) >= 11 is 0. The second kappa shape index (κ2) is 6.73. The Bertz CT molecular complexity index is 297. The van der Waals surface area contributed by atoms with Crippen LogP contribution in [0.4, 0.5) is 0 Å². The molecule has 1 aliphatic rings. The monoisotopic (exact) mass is 256 g/mol. The third kappa shape index (κ3) is 3.98. The predicted molar refractivity (Wildman–Crippen MR) is 69.0 cm³/mol. The molecular weight excluding hydrogens is 232 g/mol. The molecule has 1 unspecified atom stereocenters. The second-order valence-corrected chi connectivity index (χ2v) is 5.18. The van der Waals surface area contributed by atoms with E-state index in [1.165, 1.54) is 7.11 Å². The third-order valence-electron chi connectivity index (χ3n) is 3.58. The molecule has 0 saturated carbocycles. The Kier molecular flexibility index (Phi) is 5.59. The van der Waals surface area contributed by atoms with Crippen molar-refractivity contribution in [2.75, 3.05) is 39.8 Å². The molecule has 0 aromatic rings. The molecule has 0 spiro atoms. The van der Waals surface area contributed by atoms with Gasteiger partial charge < -0.3 is 9.64 Å². The number of ether oxygens (including phenoxy) is 1. The number of carbonyl (C=O) groups excluding carboxylic acids is 2. The van der Waals surface area contributed by atoms with E-state index in [4.69, 9.17) is 4.74 Å². The molecule has 1 rings (SSSR count). The minimum atomic E-state index is -0.140. The van der Waals surface area contributed by atoms with Crippen LogP contribution in [-0.4, -0.2) is 61.5 Å². The molecule has 5 nitrogen and oxygen atoms in total. The van der Waals surface area contributed by atoms with E-state index in [9.17, 15) is 9.59 Å². The van der Waals surface area contributed by atoms with Gasteiger partial charge in [-0.1, -0.05) is 13.8 Å². The van der Waals surface area contributed by atoms with Crippen molar-refractivity contribution in [1.29, 1.82) is 0 Å². The summed E-state index contributed by atoms with van der Waals surface area (Å²) in [5.74, 6) is 0.171. The highest BCUT2D eigenvalue weighted by Gasteiger charge is 2.27. The van der Waals surface area contributed by atoms with E-state index >= 15 is 0 Å². The van der Waals surface area contributed by atoms with Gasteiger partial charge in [0.15, 0.2) is 0 Å². The Morgan fingerprint density at radius 3 is 2.11 bits per heavy atom. The molecule has 1 fully saturated rings. The lowest BCUT2D eigenvalue weighted by Crippen LogP contribution is -2.50. The topological polar surface area (TPSA) is 49.9 Å². The van der Waals surface area contributed by atoms with E-state index in [1.807, 2.05) is 18.7 Å². The number of carbonyl (C=O) groups is 2. The molecule has 1 amide bonds. The Labute approximate surface area is 109 Å². The van der Waals surface area contributed by atoms with Crippen molar-refractivity contribution in [3.8, 4) is 0 Å². The van der Waals surface area contributed by atoms with Crippen molar-refractivity contribution in [2.45, 2.75) is 20.8 Å². The quantitative estimate of drug-likeness (QED) is 0.691. The van der Waals surface area contributed by atoms with Crippen LogP contribution in [0.1, 0.15) is 20.8 Å². The fourth-order valence-electron chi connectivity index (χ4n) is 2.23.